The van der Waals surface area contributed by atoms with Crippen LogP contribution in [0.3, 0.4) is 0 Å². The van der Waals surface area contributed by atoms with Gasteiger partial charge in [-0.3, -0.25) is 14.3 Å². The number of nitrogens with zero attached hydrogens (tertiary/aromatic N) is 4. The van der Waals surface area contributed by atoms with Gasteiger partial charge >= 0.3 is 0 Å². The molecule has 3 aromatic rings. The first-order valence-corrected chi connectivity index (χ1v) is 14.8. The van der Waals surface area contributed by atoms with Gasteiger partial charge in [-0.1, -0.05) is 0 Å². The third-order valence-corrected chi connectivity index (χ3v) is 11.8. The van der Waals surface area contributed by atoms with Crippen LogP contribution in [0.1, 0.15) is 49.0 Å². The van der Waals surface area contributed by atoms with Gasteiger partial charge in [0.1, 0.15) is 13.0 Å². The molecule has 0 radical (unpaired) electrons. The molecular formula is C26H29FN7O4P. The number of benzene rings is 1. The Kier molecular flexibility index (Phi) is 6.17. The molecule has 204 valence electrons. The minimum Gasteiger partial charge on any atom is -0.494 e. The third-order valence-electron chi connectivity index (χ3n) is 7.42. The molecule has 3 aliphatic carbocycles. The van der Waals surface area contributed by atoms with E-state index in [1.54, 1.807) is 17.8 Å². The summed E-state index contributed by atoms with van der Waals surface area (Å²) in [7, 11) is 0.580. The number of amides is 2. The van der Waals surface area contributed by atoms with Gasteiger partial charge in [-0.05, 0) is 50.7 Å². The number of aryl methyl sites for hydroxylation is 1. The Morgan fingerprint density at radius 1 is 1.05 bits per heavy atom. The van der Waals surface area contributed by atoms with E-state index in [2.05, 4.69) is 25.9 Å². The van der Waals surface area contributed by atoms with Crippen molar-refractivity contribution in [3.05, 3.63) is 35.8 Å². The van der Waals surface area contributed by atoms with Crippen molar-refractivity contribution in [1.29, 1.82) is 0 Å². The predicted octanol–water partition coefficient (Wildman–Crippen LogP) is 3.53. The Morgan fingerprint density at radius 2 is 1.74 bits per heavy atom. The van der Waals surface area contributed by atoms with E-state index in [-0.39, 0.29) is 51.8 Å². The number of carbonyl (C=O) groups excluding carboxylic acids is 2. The van der Waals surface area contributed by atoms with Gasteiger partial charge in [0.15, 0.2) is 17.3 Å². The van der Waals surface area contributed by atoms with Gasteiger partial charge in [0.25, 0.3) is 5.91 Å². The van der Waals surface area contributed by atoms with E-state index in [1.807, 2.05) is 0 Å². The molecule has 2 amide bonds. The Morgan fingerprint density at radius 3 is 2.33 bits per heavy atom. The van der Waals surface area contributed by atoms with Gasteiger partial charge in [-0.25, -0.2) is 4.39 Å². The fourth-order valence-corrected chi connectivity index (χ4v) is 9.05. The van der Waals surface area contributed by atoms with E-state index >= 15 is 0 Å². The van der Waals surface area contributed by atoms with Crippen LogP contribution in [-0.2, 0) is 16.4 Å². The molecule has 3 fully saturated rings. The van der Waals surface area contributed by atoms with Crippen LogP contribution in [-0.4, -0.2) is 50.2 Å². The molecule has 1 aromatic carbocycles. The van der Waals surface area contributed by atoms with E-state index in [4.69, 9.17) is 10.5 Å². The number of ether oxygens (including phenoxy) is 1. The lowest BCUT2D eigenvalue weighted by atomic mass is 10.1. The van der Waals surface area contributed by atoms with Crippen molar-refractivity contribution in [3.63, 3.8) is 0 Å². The van der Waals surface area contributed by atoms with Crippen molar-refractivity contribution in [2.75, 3.05) is 17.7 Å². The van der Waals surface area contributed by atoms with Crippen LogP contribution in [0.4, 0.5) is 21.6 Å². The summed E-state index contributed by atoms with van der Waals surface area (Å²) in [6.45, 7) is 0. The smallest absolute Gasteiger partial charge is 0.271 e. The standard InChI is InChI=1S/C26H29FN7O4P/c1-34-22(39(37,15-5-6-15)16-7-8-16)12-18(33-34)17-9-14(27)10-20(24(17)38-2)29-19-11-21(30-26(36)13-3-4-13)31-32-23(19)25(28)35/h9-13,15-16H,3-8H2,1-2H3,(H2,28,35)(H2,29,30,31,36). The summed E-state index contributed by atoms with van der Waals surface area (Å²) in [5.41, 5.74) is 7.48. The fraction of sp³-hybridized carbons (Fsp3) is 0.423. The SMILES string of the molecule is COc1c(Nc2cc(NC(=O)C3CC3)nnc2C(N)=O)cc(F)cc1-c1cc(P(=O)(C2CC2)C2CC2)n(C)n1. The molecule has 0 spiro atoms. The van der Waals surface area contributed by atoms with Crippen LogP contribution in [0.25, 0.3) is 11.3 Å². The van der Waals surface area contributed by atoms with Crippen LogP contribution in [0, 0.1) is 11.7 Å². The molecule has 3 aliphatic rings. The molecule has 4 N–H and O–H groups in total. The lowest BCUT2D eigenvalue weighted by Crippen LogP contribution is -2.20. The molecule has 13 heteroatoms. The van der Waals surface area contributed by atoms with Crippen molar-refractivity contribution in [3.8, 4) is 17.0 Å². The minimum absolute atomic E-state index is 0.0664. The number of nitrogens with two attached hydrogens (primary N) is 1. The molecule has 0 aliphatic heterocycles. The van der Waals surface area contributed by atoms with Gasteiger partial charge in [-0.2, -0.15) is 5.10 Å². The zero-order valence-corrected chi connectivity index (χ0v) is 22.5. The highest BCUT2D eigenvalue weighted by Gasteiger charge is 2.53. The molecule has 2 aromatic heterocycles. The van der Waals surface area contributed by atoms with E-state index in [9.17, 15) is 18.5 Å². The zero-order chi connectivity index (χ0) is 27.5. The van der Waals surface area contributed by atoms with Crippen molar-refractivity contribution in [1.82, 2.24) is 20.0 Å². The lowest BCUT2D eigenvalue weighted by molar-refractivity contribution is -0.117. The molecule has 0 unspecified atom stereocenters. The summed E-state index contributed by atoms with van der Waals surface area (Å²) in [6.07, 6.45) is 5.43. The predicted molar refractivity (Wildman–Crippen MR) is 144 cm³/mol. The minimum atomic E-state index is -2.62. The van der Waals surface area contributed by atoms with E-state index < -0.39 is 18.9 Å². The first-order chi connectivity index (χ1) is 18.7. The Hall–Kier alpha value is -3.79. The number of hydrogen-bond donors (Lipinski definition) is 3. The Balaban J connectivity index is 1.38. The first-order valence-electron chi connectivity index (χ1n) is 13.0. The lowest BCUT2D eigenvalue weighted by Gasteiger charge is -2.17. The maximum atomic E-state index is 15.0. The Labute approximate surface area is 224 Å². The number of carbonyl (C=O) groups is 2. The average Bonchev–Trinajstić information content (AvgIpc) is 3.75. The summed E-state index contributed by atoms with van der Waals surface area (Å²) in [6, 6.07) is 5.71. The summed E-state index contributed by atoms with van der Waals surface area (Å²) in [5.74, 6) is -1.31. The molecule has 0 saturated heterocycles. The van der Waals surface area contributed by atoms with Gasteiger partial charge in [0.05, 0.1) is 29.6 Å². The van der Waals surface area contributed by atoms with Gasteiger partial charge < -0.3 is 25.7 Å². The molecule has 0 atom stereocenters. The van der Waals surface area contributed by atoms with E-state index in [1.165, 1.54) is 25.3 Å². The van der Waals surface area contributed by atoms with Crippen LogP contribution in [0.15, 0.2) is 24.3 Å². The number of halogens is 1. The summed E-state index contributed by atoms with van der Waals surface area (Å²) >= 11 is 0. The fourth-order valence-electron chi connectivity index (χ4n) is 5.05. The van der Waals surface area contributed by atoms with Crippen molar-refractivity contribution in [2.24, 2.45) is 18.7 Å². The topological polar surface area (TPSA) is 154 Å². The second kappa shape index (κ2) is 9.44. The largest absolute Gasteiger partial charge is 0.494 e. The highest BCUT2D eigenvalue weighted by Crippen LogP contribution is 2.69. The van der Waals surface area contributed by atoms with Crippen LogP contribution >= 0.6 is 7.14 Å². The maximum Gasteiger partial charge on any atom is 0.271 e. The molecule has 2 heterocycles. The number of nitrogens with one attached hydrogen (secondary N) is 2. The highest BCUT2D eigenvalue weighted by atomic mass is 31.2. The third kappa shape index (κ3) is 4.78. The maximum absolute atomic E-state index is 15.0. The normalized spacial score (nSPS) is 17.1. The van der Waals surface area contributed by atoms with Crippen molar-refractivity contribution < 1.29 is 23.3 Å². The number of primary amides is 1. The number of anilines is 3. The van der Waals surface area contributed by atoms with E-state index in [0.717, 1.165) is 38.5 Å². The first kappa shape index (κ1) is 25.5. The second-order valence-electron chi connectivity index (χ2n) is 10.5. The molecule has 39 heavy (non-hydrogen) atoms. The van der Waals surface area contributed by atoms with Crippen molar-refractivity contribution >= 4 is 41.6 Å². The van der Waals surface area contributed by atoms with Crippen LogP contribution < -0.4 is 26.5 Å². The molecule has 6 rings (SSSR count). The van der Waals surface area contributed by atoms with Crippen LogP contribution in [0.2, 0.25) is 0 Å². The van der Waals surface area contributed by atoms with Crippen molar-refractivity contribution in [2.45, 2.75) is 49.8 Å². The summed E-state index contributed by atoms with van der Waals surface area (Å²) in [4.78, 5) is 24.3. The van der Waals surface area contributed by atoms with E-state index in [0.29, 0.717) is 16.7 Å². The van der Waals surface area contributed by atoms with Gasteiger partial charge in [0, 0.05) is 42.0 Å². The second-order valence-corrected chi connectivity index (χ2v) is 13.8. The quantitative estimate of drug-likeness (QED) is 0.322. The number of methoxy groups -OCH3 is 1. The van der Waals surface area contributed by atoms with Gasteiger partial charge in [-0.15, -0.1) is 10.2 Å². The average molecular weight is 554 g/mol. The molecule has 11 nitrogen and oxygen atoms in total. The highest BCUT2D eigenvalue weighted by molar-refractivity contribution is 7.73. The number of hydrogen-bond acceptors (Lipinski definition) is 8. The molecular weight excluding hydrogens is 524 g/mol. The number of aromatic nitrogens is 4. The summed E-state index contributed by atoms with van der Waals surface area (Å²) < 4.78 is 36.4. The zero-order valence-electron chi connectivity index (χ0n) is 21.6. The van der Waals surface area contributed by atoms with Gasteiger partial charge in [0.2, 0.25) is 5.91 Å². The van der Waals surface area contributed by atoms with Crippen LogP contribution in [0.5, 0.6) is 5.75 Å². The monoisotopic (exact) mass is 553 g/mol. The number of rotatable bonds is 10. The summed E-state index contributed by atoms with van der Waals surface area (Å²) in [5, 5.41) is 18.0. The molecule has 3 saturated carbocycles. The molecule has 0 bridgehead atoms. The Bertz CT molecular complexity index is 1530.